The fraction of sp³-hybridized carbons (Fsp3) is 0.520. The average molecular weight is 467 g/mol. The third-order valence-corrected chi connectivity index (χ3v) is 6.71. The van der Waals surface area contributed by atoms with E-state index in [0.717, 1.165) is 37.7 Å². The molecular weight excluding hydrogens is 432 g/mol. The quantitative estimate of drug-likeness (QED) is 0.585. The Hall–Kier alpha value is -3.54. The zero-order valence-electron chi connectivity index (χ0n) is 20.0. The minimum Gasteiger partial charge on any atom is -0.383 e. The van der Waals surface area contributed by atoms with Gasteiger partial charge in [-0.05, 0) is 24.8 Å². The van der Waals surface area contributed by atoms with E-state index in [1.165, 1.54) is 9.47 Å². The summed E-state index contributed by atoms with van der Waals surface area (Å²) in [6, 6.07) is 11.8. The Kier molecular flexibility index (Phi) is 8.16. The monoisotopic (exact) mass is 466 g/mol. The summed E-state index contributed by atoms with van der Waals surface area (Å²) in [4.78, 5) is 44.3. The molecule has 1 amide bonds. The summed E-state index contributed by atoms with van der Waals surface area (Å²) in [5, 5.41) is 9.91. The summed E-state index contributed by atoms with van der Waals surface area (Å²) in [5.74, 6) is -0.231. The lowest BCUT2D eigenvalue weighted by molar-refractivity contribution is -0.133. The smallest absolute Gasteiger partial charge is 0.330 e. The number of aromatic nitrogens is 2. The normalized spacial score (nSPS) is 14.9. The summed E-state index contributed by atoms with van der Waals surface area (Å²) in [6.07, 6.45) is 5.69. The molecule has 9 nitrogen and oxygen atoms in total. The number of nitriles is 1. The fourth-order valence-electron chi connectivity index (χ4n) is 4.61. The number of aromatic amines is 1. The minimum absolute atomic E-state index is 0.0428. The molecular formula is C25H34N6O3. The summed E-state index contributed by atoms with van der Waals surface area (Å²) < 4.78 is 1.35. The maximum atomic E-state index is 13.4. The van der Waals surface area contributed by atoms with E-state index >= 15 is 0 Å². The number of benzene rings is 1. The van der Waals surface area contributed by atoms with Crippen LogP contribution in [0.5, 0.6) is 0 Å². The van der Waals surface area contributed by atoms with Crippen LogP contribution in [-0.2, 0) is 17.9 Å². The molecule has 0 saturated heterocycles. The highest BCUT2D eigenvalue weighted by molar-refractivity contribution is 5.83. The number of carbonyl (C=O) groups excluding carboxylic acids is 1. The van der Waals surface area contributed by atoms with Crippen molar-refractivity contribution in [3.8, 4) is 6.07 Å². The zero-order valence-corrected chi connectivity index (χ0v) is 20.0. The first-order chi connectivity index (χ1) is 16.3. The third-order valence-electron chi connectivity index (χ3n) is 6.71. The van der Waals surface area contributed by atoms with Gasteiger partial charge in [0, 0.05) is 20.1 Å². The average Bonchev–Trinajstić information content (AvgIpc) is 2.84. The number of hydrogen-bond donors (Lipinski definition) is 2. The van der Waals surface area contributed by atoms with Crippen LogP contribution in [0.4, 0.5) is 11.5 Å². The lowest BCUT2D eigenvalue weighted by atomic mass is 9.81. The molecule has 182 valence electrons. The molecule has 1 aromatic carbocycles. The van der Waals surface area contributed by atoms with Gasteiger partial charge in [0.1, 0.15) is 17.0 Å². The first-order valence-electron chi connectivity index (χ1n) is 11.9. The molecule has 1 aliphatic carbocycles. The van der Waals surface area contributed by atoms with Gasteiger partial charge in [-0.2, -0.15) is 5.26 Å². The molecule has 34 heavy (non-hydrogen) atoms. The number of nitrogens with two attached hydrogens (primary N) is 1. The molecule has 2 aromatic rings. The molecule has 0 atom stereocenters. The molecule has 1 fully saturated rings. The summed E-state index contributed by atoms with van der Waals surface area (Å²) in [7, 11) is 1.66. The van der Waals surface area contributed by atoms with Crippen molar-refractivity contribution in [2.75, 3.05) is 24.2 Å². The van der Waals surface area contributed by atoms with Crippen molar-refractivity contribution in [2.45, 2.75) is 70.5 Å². The molecule has 1 aliphatic rings. The summed E-state index contributed by atoms with van der Waals surface area (Å²) >= 11 is 0. The molecule has 0 bridgehead atoms. The zero-order chi connectivity index (χ0) is 24.7. The number of H-pyrrole nitrogens is 1. The van der Waals surface area contributed by atoms with Crippen LogP contribution in [0.15, 0.2) is 39.9 Å². The van der Waals surface area contributed by atoms with E-state index in [2.05, 4.69) is 11.1 Å². The predicted molar refractivity (Wildman–Crippen MR) is 132 cm³/mol. The molecule has 1 saturated carbocycles. The standard InChI is InChI=1S/C25H34N6O3/c1-3-4-15-31-22(27)21(23(33)28-24(31)34)30(16-19-11-7-5-8-12-19)17-20(32)29(2)25(18-26)13-9-6-10-14-25/h5,7-8,11-12H,3-4,6,9-10,13-17,27H2,1-2H3,(H,28,33,34). The van der Waals surface area contributed by atoms with Crippen molar-refractivity contribution < 1.29 is 4.79 Å². The fourth-order valence-corrected chi connectivity index (χ4v) is 4.61. The molecule has 0 unspecified atom stereocenters. The number of nitrogens with one attached hydrogen (secondary N) is 1. The molecule has 0 radical (unpaired) electrons. The second-order valence-corrected chi connectivity index (χ2v) is 9.00. The second-order valence-electron chi connectivity index (χ2n) is 9.00. The van der Waals surface area contributed by atoms with E-state index in [0.29, 0.717) is 19.4 Å². The Balaban J connectivity index is 2.00. The van der Waals surface area contributed by atoms with Gasteiger partial charge in [-0.1, -0.05) is 62.9 Å². The van der Waals surface area contributed by atoms with E-state index in [1.54, 1.807) is 11.9 Å². The van der Waals surface area contributed by atoms with E-state index in [-0.39, 0.29) is 30.5 Å². The Labute approximate surface area is 199 Å². The Morgan fingerprint density at radius 2 is 1.88 bits per heavy atom. The van der Waals surface area contributed by atoms with Crippen LogP contribution in [0.25, 0.3) is 0 Å². The van der Waals surface area contributed by atoms with Gasteiger partial charge >= 0.3 is 5.69 Å². The first-order valence-corrected chi connectivity index (χ1v) is 11.9. The van der Waals surface area contributed by atoms with Crippen molar-refractivity contribution in [1.29, 1.82) is 5.26 Å². The highest BCUT2D eigenvalue weighted by atomic mass is 16.2. The van der Waals surface area contributed by atoms with Gasteiger partial charge in [0.2, 0.25) is 5.91 Å². The van der Waals surface area contributed by atoms with Crippen LogP contribution in [0.2, 0.25) is 0 Å². The van der Waals surface area contributed by atoms with Crippen molar-refractivity contribution in [2.24, 2.45) is 0 Å². The molecule has 3 N–H and O–H groups in total. The third kappa shape index (κ3) is 5.33. The maximum Gasteiger partial charge on any atom is 0.330 e. The van der Waals surface area contributed by atoms with E-state index in [4.69, 9.17) is 5.73 Å². The van der Waals surface area contributed by atoms with Gasteiger partial charge in [0.05, 0.1) is 12.6 Å². The number of nitrogens with zero attached hydrogens (tertiary/aromatic N) is 4. The first kappa shape index (κ1) is 25.1. The van der Waals surface area contributed by atoms with Crippen LogP contribution in [0.1, 0.15) is 57.4 Å². The van der Waals surface area contributed by atoms with Crippen LogP contribution in [0, 0.1) is 11.3 Å². The number of rotatable bonds is 9. The van der Waals surface area contributed by atoms with E-state index < -0.39 is 16.8 Å². The number of unbranched alkanes of at least 4 members (excludes halogenated alkanes) is 1. The molecule has 3 rings (SSSR count). The lowest BCUT2D eigenvalue weighted by Gasteiger charge is -2.40. The second kappa shape index (κ2) is 11.1. The van der Waals surface area contributed by atoms with Crippen LogP contribution in [0.3, 0.4) is 0 Å². The molecule has 0 aliphatic heterocycles. The molecule has 1 heterocycles. The summed E-state index contributed by atoms with van der Waals surface area (Å²) in [6.45, 7) is 2.48. The van der Waals surface area contributed by atoms with Crippen LogP contribution in [-0.4, -0.2) is 39.5 Å². The van der Waals surface area contributed by atoms with Gasteiger partial charge in [-0.15, -0.1) is 0 Å². The van der Waals surface area contributed by atoms with Gasteiger partial charge in [0.15, 0.2) is 0 Å². The van der Waals surface area contributed by atoms with Crippen molar-refractivity contribution in [1.82, 2.24) is 14.5 Å². The number of amides is 1. The summed E-state index contributed by atoms with van der Waals surface area (Å²) in [5.41, 5.74) is 5.30. The van der Waals surface area contributed by atoms with Crippen LogP contribution < -0.4 is 21.9 Å². The minimum atomic E-state index is -0.842. The highest BCUT2D eigenvalue weighted by Crippen LogP contribution is 2.33. The topological polar surface area (TPSA) is 128 Å². The lowest BCUT2D eigenvalue weighted by Crippen LogP contribution is -2.53. The number of nitrogen functional groups attached to an aromatic ring is 1. The van der Waals surface area contributed by atoms with Gasteiger partial charge < -0.3 is 15.5 Å². The van der Waals surface area contributed by atoms with Crippen molar-refractivity contribution in [3.05, 3.63) is 56.7 Å². The Morgan fingerprint density at radius 3 is 2.50 bits per heavy atom. The largest absolute Gasteiger partial charge is 0.383 e. The molecule has 9 heteroatoms. The Bertz CT molecular complexity index is 1140. The number of anilines is 2. The number of hydrogen-bond acceptors (Lipinski definition) is 6. The predicted octanol–water partition coefficient (Wildman–Crippen LogP) is 2.61. The van der Waals surface area contributed by atoms with Crippen LogP contribution >= 0.6 is 0 Å². The maximum absolute atomic E-state index is 13.4. The van der Waals surface area contributed by atoms with Crippen molar-refractivity contribution >= 4 is 17.4 Å². The number of likely N-dealkylation sites (N-methyl/N-ethyl adjacent to an activating group) is 1. The van der Waals surface area contributed by atoms with E-state index in [9.17, 15) is 19.6 Å². The molecule has 0 spiro atoms. The number of carbonyl (C=O) groups is 1. The highest BCUT2D eigenvalue weighted by Gasteiger charge is 2.39. The SMILES string of the molecule is CCCCn1c(N)c(N(CC(=O)N(C)C2(C#N)CCCCC2)Cc2ccccc2)c(=O)[nH]c1=O. The van der Waals surface area contributed by atoms with Gasteiger partial charge in [-0.25, -0.2) is 4.79 Å². The van der Waals surface area contributed by atoms with Gasteiger partial charge in [-0.3, -0.25) is 19.1 Å². The van der Waals surface area contributed by atoms with Gasteiger partial charge in [0.25, 0.3) is 5.56 Å². The van der Waals surface area contributed by atoms with Crippen molar-refractivity contribution in [3.63, 3.8) is 0 Å². The van der Waals surface area contributed by atoms with E-state index in [1.807, 2.05) is 37.3 Å². The Morgan fingerprint density at radius 1 is 1.21 bits per heavy atom. The molecule has 1 aromatic heterocycles.